The number of benzene rings is 3. The topological polar surface area (TPSA) is 84.8 Å². The molecule has 0 spiro atoms. The Bertz CT molecular complexity index is 1310. The number of ketones is 1. The van der Waals surface area contributed by atoms with Gasteiger partial charge in [0, 0.05) is 21.3 Å². The lowest BCUT2D eigenvalue weighted by atomic mass is 9.92. The Kier molecular flexibility index (Phi) is 5.75. The van der Waals surface area contributed by atoms with E-state index in [2.05, 4.69) is 25.6 Å². The molecule has 1 N–H and O–H groups in total. The Morgan fingerprint density at radius 1 is 0.903 bits per heavy atom. The predicted molar refractivity (Wildman–Crippen MR) is 123 cm³/mol. The van der Waals surface area contributed by atoms with Crippen LogP contribution >= 0.6 is 15.9 Å². The van der Waals surface area contributed by atoms with Gasteiger partial charge in [-0.2, -0.15) is 12.8 Å². The van der Waals surface area contributed by atoms with E-state index in [1.807, 2.05) is 0 Å². The van der Waals surface area contributed by atoms with Gasteiger partial charge < -0.3 is 10.1 Å². The lowest BCUT2D eigenvalue weighted by Gasteiger charge is -2.19. The summed E-state index contributed by atoms with van der Waals surface area (Å²) in [6.45, 7) is 0. The van der Waals surface area contributed by atoms with Crippen LogP contribution in [0.1, 0.15) is 15.9 Å². The van der Waals surface area contributed by atoms with Crippen LogP contribution in [0.3, 0.4) is 0 Å². The minimum atomic E-state index is -3.98. The number of carbonyl (C=O) groups is 1. The molecule has 1 aliphatic carbocycles. The first-order chi connectivity index (χ1) is 14.9. The van der Waals surface area contributed by atoms with E-state index < -0.39 is 10.0 Å². The summed E-state index contributed by atoms with van der Waals surface area (Å²) in [5, 5.41) is 3.06. The van der Waals surface area contributed by atoms with Crippen LogP contribution in [0.15, 0.2) is 98.3 Å². The summed E-state index contributed by atoms with van der Waals surface area (Å²) in [7, 11) is -2.40. The van der Waals surface area contributed by atoms with Gasteiger partial charge in [-0.05, 0) is 54.6 Å². The van der Waals surface area contributed by atoms with Crippen LogP contribution in [-0.2, 0) is 10.0 Å². The first kappa shape index (κ1) is 21.0. The van der Waals surface area contributed by atoms with E-state index >= 15 is 0 Å². The van der Waals surface area contributed by atoms with Crippen LogP contribution in [-0.4, -0.2) is 27.0 Å². The van der Waals surface area contributed by atoms with Gasteiger partial charge in [-0.3, -0.25) is 4.79 Å². The summed E-state index contributed by atoms with van der Waals surface area (Å²) in [4.78, 5) is 13.1. The van der Waals surface area contributed by atoms with E-state index in [9.17, 15) is 13.2 Å². The van der Waals surface area contributed by atoms with Crippen molar-refractivity contribution in [3.05, 3.63) is 100 Å². The Balaban J connectivity index is 1.77. The van der Waals surface area contributed by atoms with Crippen molar-refractivity contribution >= 4 is 43.1 Å². The maximum Gasteiger partial charge on any atom is 0.282 e. The number of sulfonamides is 1. The molecule has 0 amide bonds. The van der Waals surface area contributed by atoms with E-state index in [1.54, 1.807) is 67.8 Å². The van der Waals surface area contributed by atoms with Crippen molar-refractivity contribution in [1.29, 1.82) is 0 Å². The van der Waals surface area contributed by atoms with Crippen molar-refractivity contribution in [2.24, 2.45) is 4.40 Å². The van der Waals surface area contributed by atoms with Gasteiger partial charge in [0.15, 0.2) is 0 Å². The Labute approximate surface area is 188 Å². The third kappa shape index (κ3) is 4.45. The molecule has 0 saturated heterocycles. The van der Waals surface area contributed by atoms with Gasteiger partial charge in [-0.1, -0.05) is 40.2 Å². The lowest BCUT2D eigenvalue weighted by Crippen LogP contribution is -2.22. The van der Waals surface area contributed by atoms with Gasteiger partial charge in [-0.15, -0.1) is 0 Å². The number of hydrogen-bond donors (Lipinski definition) is 1. The third-order valence-electron chi connectivity index (χ3n) is 4.67. The number of anilines is 1. The standard InChI is InChI=1S/C23H17BrN2O4S/c1-30-17-10-8-16(9-11-17)25-22-14-21(19-4-2-3-5-20(19)23(22)27)26-31(28,29)18-12-6-15(24)7-13-18/h2-14,25H,1H3. The van der Waals surface area contributed by atoms with Gasteiger partial charge in [0.25, 0.3) is 10.0 Å². The average molecular weight is 497 g/mol. The van der Waals surface area contributed by atoms with Gasteiger partial charge in [-0.25, -0.2) is 0 Å². The fourth-order valence-electron chi connectivity index (χ4n) is 3.12. The molecule has 6 nitrogen and oxygen atoms in total. The van der Waals surface area contributed by atoms with Crippen molar-refractivity contribution in [2.45, 2.75) is 4.90 Å². The van der Waals surface area contributed by atoms with Crippen molar-refractivity contribution in [1.82, 2.24) is 0 Å². The van der Waals surface area contributed by atoms with Crippen molar-refractivity contribution < 1.29 is 17.9 Å². The van der Waals surface area contributed by atoms with Crippen LogP contribution in [0, 0.1) is 0 Å². The van der Waals surface area contributed by atoms with Gasteiger partial charge >= 0.3 is 0 Å². The number of halogens is 1. The number of fused-ring (bicyclic) bond motifs is 1. The molecule has 0 heterocycles. The SMILES string of the molecule is COc1ccc(NC2=CC(=NS(=O)(=O)c3ccc(Br)cc3)c3ccccc3C2=O)cc1. The number of nitrogens with zero attached hydrogens (tertiary/aromatic N) is 1. The van der Waals surface area contributed by atoms with E-state index in [0.717, 1.165) is 4.47 Å². The van der Waals surface area contributed by atoms with Crippen molar-refractivity contribution in [3.8, 4) is 5.75 Å². The van der Waals surface area contributed by atoms with Crippen LogP contribution in [0.2, 0.25) is 0 Å². The summed E-state index contributed by atoms with van der Waals surface area (Å²) in [5.41, 5.74) is 1.93. The highest BCUT2D eigenvalue weighted by atomic mass is 79.9. The number of ether oxygens (including phenoxy) is 1. The molecule has 0 fully saturated rings. The molecule has 8 heteroatoms. The lowest BCUT2D eigenvalue weighted by molar-refractivity contribution is 0.103. The second-order valence-electron chi connectivity index (χ2n) is 6.69. The minimum Gasteiger partial charge on any atom is -0.497 e. The summed E-state index contributed by atoms with van der Waals surface area (Å²) in [6, 6.07) is 20.1. The maximum atomic E-state index is 13.0. The number of methoxy groups -OCH3 is 1. The molecule has 0 aliphatic heterocycles. The fraction of sp³-hybridized carbons (Fsp3) is 0.0435. The van der Waals surface area contributed by atoms with Crippen molar-refractivity contribution in [2.75, 3.05) is 12.4 Å². The molecule has 0 atom stereocenters. The molecule has 0 aromatic heterocycles. The maximum absolute atomic E-state index is 13.0. The zero-order chi connectivity index (χ0) is 22.0. The average Bonchev–Trinajstić information content (AvgIpc) is 2.77. The first-order valence-electron chi connectivity index (χ1n) is 9.25. The van der Waals surface area contributed by atoms with Crippen LogP contribution in [0.5, 0.6) is 5.75 Å². The second-order valence-corrected chi connectivity index (χ2v) is 9.21. The molecule has 0 unspecified atom stereocenters. The van der Waals surface area contributed by atoms with Crippen molar-refractivity contribution in [3.63, 3.8) is 0 Å². The number of Topliss-reactive ketones (excluding diaryl/α,β-unsaturated/α-hetero) is 1. The molecule has 3 aromatic carbocycles. The van der Waals surface area contributed by atoms with E-state index in [1.165, 1.54) is 18.2 Å². The largest absolute Gasteiger partial charge is 0.497 e. The van der Waals surface area contributed by atoms with E-state index in [0.29, 0.717) is 22.6 Å². The Morgan fingerprint density at radius 2 is 1.55 bits per heavy atom. The number of carbonyl (C=O) groups excluding carboxylic acids is 1. The highest BCUT2D eigenvalue weighted by Gasteiger charge is 2.26. The number of allylic oxidation sites excluding steroid dienone is 2. The molecule has 0 saturated carbocycles. The molecule has 0 radical (unpaired) electrons. The summed E-state index contributed by atoms with van der Waals surface area (Å²) >= 11 is 3.29. The normalized spacial score (nSPS) is 14.7. The first-order valence-corrected chi connectivity index (χ1v) is 11.5. The minimum absolute atomic E-state index is 0.0654. The molecule has 0 bridgehead atoms. The second kappa shape index (κ2) is 8.49. The zero-order valence-electron chi connectivity index (χ0n) is 16.4. The summed E-state index contributed by atoms with van der Waals surface area (Å²) < 4.78 is 35.7. The quantitative estimate of drug-likeness (QED) is 0.546. The molecule has 156 valence electrons. The van der Waals surface area contributed by atoms with Gasteiger partial charge in [0.2, 0.25) is 5.78 Å². The fourth-order valence-corrected chi connectivity index (χ4v) is 4.38. The number of rotatable bonds is 5. The van der Waals surface area contributed by atoms with E-state index in [-0.39, 0.29) is 22.1 Å². The molecular weight excluding hydrogens is 480 g/mol. The molecule has 1 aliphatic rings. The Morgan fingerprint density at radius 3 is 2.19 bits per heavy atom. The van der Waals surface area contributed by atoms with E-state index in [4.69, 9.17) is 4.74 Å². The zero-order valence-corrected chi connectivity index (χ0v) is 18.8. The molecule has 4 rings (SSSR count). The third-order valence-corrected chi connectivity index (χ3v) is 6.51. The monoisotopic (exact) mass is 496 g/mol. The smallest absolute Gasteiger partial charge is 0.282 e. The van der Waals surface area contributed by atoms with Crippen LogP contribution < -0.4 is 10.1 Å². The number of nitrogens with one attached hydrogen (secondary N) is 1. The Hall–Kier alpha value is -3.23. The number of hydrogen-bond acceptors (Lipinski definition) is 5. The predicted octanol–water partition coefficient (Wildman–Crippen LogP) is 4.83. The summed E-state index contributed by atoms with van der Waals surface area (Å²) in [5.74, 6) is 0.439. The van der Waals surface area contributed by atoms with Crippen LogP contribution in [0.25, 0.3) is 0 Å². The highest BCUT2D eigenvalue weighted by Crippen LogP contribution is 2.26. The molecule has 3 aromatic rings. The van der Waals surface area contributed by atoms with Gasteiger partial charge in [0.1, 0.15) is 5.75 Å². The molecule has 31 heavy (non-hydrogen) atoms. The molecular formula is C23H17BrN2O4S. The highest BCUT2D eigenvalue weighted by molar-refractivity contribution is 9.10. The summed E-state index contributed by atoms with van der Waals surface area (Å²) in [6.07, 6.45) is 1.46. The van der Waals surface area contributed by atoms with Crippen LogP contribution in [0.4, 0.5) is 5.69 Å². The van der Waals surface area contributed by atoms with Gasteiger partial charge in [0.05, 0.1) is 23.4 Å².